The summed E-state index contributed by atoms with van der Waals surface area (Å²) in [6.07, 6.45) is 0. The average molecular weight is 180 g/mol. The van der Waals surface area contributed by atoms with E-state index in [-0.39, 0.29) is 0 Å². The summed E-state index contributed by atoms with van der Waals surface area (Å²) in [6.45, 7) is 0. The minimum absolute atomic E-state index is 0.397. The van der Waals surface area contributed by atoms with Crippen LogP contribution in [0.3, 0.4) is 0 Å². The molecule has 1 aromatic carbocycles. The van der Waals surface area contributed by atoms with E-state index in [2.05, 4.69) is 24.3 Å². The van der Waals surface area contributed by atoms with Crippen LogP contribution in [0.4, 0.5) is 0 Å². The summed E-state index contributed by atoms with van der Waals surface area (Å²) in [5.74, 6) is 0. The normalized spacial score (nSPS) is 15.6. The van der Waals surface area contributed by atoms with Crippen molar-refractivity contribution < 1.29 is 0 Å². The molecule has 1 aromatic rings. The first-order valence-electron chi connectivity index (χ1n) is 3.24. The fourth-order valence-corrected chi connectivity index (χ4v) is 4.07. The Bertz CT molecular complexity index is 195. The molecule has 2 rings (SSSR count). The van der Waals surface area contributed by atoms with E-state index in [0.29, 0.717) is 15.8 Å². The number of benzene rings is 1. The Morgan fingerprint density at radius 1 is 1.00 bits per heavy atom. The van der Waals surface area contributed by atoms with Crippen molar-refractivity contribution in [3.05, 3.63) is 35.4 Å². The molecule has 0 spiro atoms. The van der Waals surface area contributed by atoms with Crippen molar-refractivity contribution >= 4 is 15.8 Å². The van der Waals surface area contributed by atoms with Gasteiger partial charge in [0.1, 0.15) is 0 Å². The van der Waals surface area contributed by atoms with Gasteiger partial charge < -0.3 is 0 Å². The Labute approximate surface area is 62.0 Å². The summed E-state index contributed by atoms with van der Waals surface area (Å²) in [5.41, 5.74) is 3.25. The molecule has 0 N–H and O–H groups in total. The van der Waals surface area contributed by atoms with Crippen molar-refractivity contribution in [1.82, 2.24) is 0 Å². The van der Waals surface area contributed by atoms with Crippen molar-refractivity contribution in [3.8, 4) is 0 Å². The van der Waals surface area contributed by atoms with Crippen molar-refractivity contribution in [2.24, 2.45) is 0 Å². The van der Waals surface area contributed by atoms with Gasteiger partial charge in [-0.3, -0.25) is 0 Å². The van der Waals surface area contributed by atoms with Crippen LogP contribution in [-0.4, -0.2) is 15.8 Å². The van der Waals surface area contributed by atoms with Gasteiger partial charge >= 0.3 is 61.6 Å². The van der Waals surface area contributed by atoms with E-state index in [0.717, 1.165) is 0 Å². The predicted molar refractivity (Wildman–Crippen MR) is 41.0 cm³/mol. The molecular weight excluding hydrogens is 171 g/mol. The third kappa shape index (κ3) is 0.923. The van der Waals surface area contributed by atoms with Crippen LogP contribution in [0.5, 0.6) is 0 Å². The van der Waals surface area contributed by atoms with Crippen LogP contribution in [0.25, 0.3) is 0 Å². The second kappa shape index (κ2) is 2.19. The molecule has 0 aromatic heterocycles. The Kier molecular flexibility index (Phi) is 1.35. The molecule has 0 nitrogen and oxygen atoms in total. The average Bonchev–Trinajstić information content (AvgIpc) is 2.33. The monoisotopic (exact) mass is 180 g/mol. The molecular formula is C8H9As. The zero-order valence-corrected chi connectivity index (χ0v) is 7.32. The molecule has 0 unspecified atom stereocenters. The van der Waals surface area contributed by atoms with Gasteiger partial charge in [0.05, 0.1) is 0 Å². The van der Waals surface area contributed by atoms with Crippen LogP contribution in [-0.2, 0) is 10.4 Å². The molecule has 0 amide bonds. The third-order valence-corrected chi connectivity index (χ3v) is 4.40. The molecule has 0 fully saturated rings. The van der Waals surface area contributed by atoms with E-state index in [1.807, 2.05) is 0 Å². The summed E-state index contributed by atoms with van der Waals surface area (Å²) in [6, 6.07) is 8.84. The second-order valence-corrected chi connectivity index (χ2v) is 4.90. The first-order chi connectivity index (χ1) is 4.47. The van der Waals surface area contributed by atoms with Crippen LogP contribution >= 0.6 is 0 Å². The molecule has 9 heavy (non-hydrogen) atoms. The molecule has 0 bridgehead atoms. The van der Waals surface area contributed by atoms with E-state index < -0.39 is 0 Å². The molecule has 1 aliphatic rings. The number of hydrogen-bond acceptors (Lipinski definition) is 0. The van der Waals surface area contributed by atoms with Crippen molar-refractivity contribution in [2.45, 2.75) is 10.4 Å². The van der Waals surface area contributed by atoms with Crippen molar-refractivity contribution in [1.29, 1.82) is 0 Å². The first kappa shape index (κ1) is 5.55. The zero-order chi connectivity index (χ0) is 6.10. The molecule has 0 saturated carbocycles. The third-order valence-electron chi connectivity index (χ3n) is 1.75. The van der Waals surface area contributed by atoms with E-state index in [1.54, 1.807) is 11.1 Å². The number of fused-ring (bicyclic) bond motifs is 1. The summed E-state index contributed by atoms with van der Waals surface area (Å²) < 4.78 is 0. The molecule has 1 aliphatic heterocycles. The number of rotatable bonds is 0. The summed E-state index contributed by atoms with van der Waals surface area (Å²) in [4.78, 5) is 0. The Balaban J connectivity index is 2.54. The molecule has 0 atom stereocenters. The van der Waals surface area contributed by atoms with Gasteiger partial charge in [-0.15, -0.1) is 0 Å². The maximum absolute atomic E-state index is 2.27. The Hall–Kier alpha value is -0.222. The van der Waals surface area contributed by atoms with E-state index >= 15 is 0 Å². The van der Waals surface area contributed by atoms with Crippen LogP contribution in [0.15, 0.2) is 24.3 Å². The Morgan fingerprint density at radius 2 is 1.56 bits per heavy atom. The van der Waals surface area contributed by atoms with Crippen LogP contribution in [0.1, 0.15) is 11.1 Å². The molecule has 0 saturated heterocycles. The molecule has 46 valence electrons. The van der Waals surface area contributed by atoms with E-state index in [9.17, 15) is 0 Å². The molecule has 0 aliphatic carbocycles. The van der Waals surface area contributed by atoms with Gasteiger partial charge in [-0.05, 0) is 0 Å². The van der Waals surface area contributed by atoms with Gasteiger partial charge in [0.15, 0.2) is 0 Å². The van der Waals surface area contributed by atoms with Gasteiger partial charge in [0.2, 0.25) is 0 Å². The predicted octanol–water partition coefficient (Wildman–Crippen LogP) is 1.14. The zero-order valence-electron chi connectivity index (χ0n) is 5.22. The fourth-order valence-electron chi connectivity index (χ4n) is 1.23. The first-order valence-corrected chi connectivity index (χ1v) is 6.21. The van der Waals surface area contributed by atoms with E-state index in [1.165, 1.54) is 10.4 Å². The van der Waals surface area contributed by atoms with Gasteiger partial charge in [0.25, 0.3) is 0 Å². The molecule has 1 heterocycles. The standard InChI is InChI=1S/C8H9As/c1-2-4-8-6-9-5-7(8)3-1/h1-4,9H,5-6H2. The van der Waals surface area contributed by atoms with Gasteiger partial charge in [0, 0.05) is 0 Å². The number of hydrogen-bond donors (Lipinski definition) is 0. The van der Waals surface area contributed by atoms with Gasteiger partial charge in [-0.25, -0.2) is 0 Å². The van der Waals surface area contributed by atoms with Crippen LogP contribution in [0, 0.1) is 0 Å². The molecule has 0 radical (unpaired) electrons. The topological polar surface area (TPSA) is 0 Å². The quantitative estimate of drug-likeness (QED) is 0.525. The maximum atomic E-state index is 2.27. The SMILES string of the molecule is c1ccc2c(c1)C[AsH]C2. The van der Waals surface area contributed by atoms with Crippen LogP contribution in [0.2, 0.25) is 0 Å². The summed E-state index contributed by atoms with van der Waals surface area (Å²) >= 11 is 0.397. The fraction of sp³-hybridized carbons (Fsp3) is 0.250. The van der Waals surface area contributed by atoms with Gasteiger partial charge in [-0.2, -0.15) is 0 Å². The minimum atomic E-state index is 0.397. The van der Waals surface area contributed by atoms with E-state index in [4.69, 9.17) is 0 Å². The van der Waals surface area contributed by atoms with Crippen LogP contribution < -0.4 is 0 Å². The summed E-state index contributed by atoms with van der Waals surface area (Å²) in [5, 5.41) is 2.85. The second-order valence-electron chi connectivity index (χ2n) is 2.37. The summed E-state index contributed by atoms with van der Waals surface area (Å²) in [7, 11) is 0. The van der Waals surface area contributed by atoms with Gasteiger partial charge in [-0.1, -0.05) is 0 Å². The molecule has 1 heteroatoms. The van der Waals surface area contributed by atoms with Crippen molar-refractivity contribution in [3.63, 3.8) is 0 Å². The van der Waals surface area contributed by atoms with Crippen molar-refractivity contribution in [2.75, 3.05) is 0 Å². The Morgan fingerprint density at radius 3 is 2.11 bits per heavy atom.